The summed E-state index contributed by atoms with van der Waals surface area (Å²) in [5, 5.41) is 6.16. The van der Waals surface area contributed by atoms with Gasteiger partial charge in [0.1, 0.15) is 17.8 Å². The highest BCUT2D eigenvalue weighted by molar-refractivity contribution is 5.97. The van der Waals surface area contributed by atoms with Crippen molar-refractivity contribution in [2.45, 2.75) is 13.8 Å². The predicted molar refractivity (Wildman–Crippen MR) is 104 cm³/mol. The standard InChI is InChI=1S/C19H20N6O2/c1-3-27-19(26)13-8-4-5-9-14(13)24-17-16(20)18(22-11-21-17)25-15-10-6-7-12(2)23-15/h4-11H,3,20H2,1-2H3,(H2,21,22,23,24,25). The Bertz CT molecular complexity index is 960. The number of nitrogens with two attached hydrogens (primary N) is 1. The van der Waals surface area contributed by atoms with Gasteiger partial charge >= 0.3 is 5.97 Å². The van der Waals surface area contributed by atoms with Crippen LogP contribution in [0.2, 0.25) is 0 Å². The molecule has 138 valence electrons. The molecule has 8 nitrogen and oxygen atoms in total. The minimum absolute atomic E-state index is 0.292. The number of para-hydroxylation sites is 1. The molecule has 0 aliphatic rings. The number of nitrogens with one attached hydrogen (secondary N) is 2. The zero-order chi connectivity index (χ0) is 19.2. The Morgan fingerprint density at radius 3 is 2.56 bits per heavy atom. The number of hydrogen-bond acceptors (Lipinski definition) is 8. The molecule has 0 saturated carbocycles. The summed E-state index contributed by atoms with van der Waals surface area (Å²) in [6.07, 6.45) is 1.38. The van der Waals surface area contributed by atoms with Gasteiger partial charge in [0.15, 0.2) is 11.6 Å². The van der Waals surface area contributed by atoms with Gasteiger partial charge in [0.2, 0.25) is 0 Å². The van der Waals surface area contributed by atoms with Crippen molar-refractivity contribution in [2.24, 2.45) is 0 Å². The van der Waals surface area contributed by atoms with E-state index in [1.54, 1.807) is 31.2 Å². The molecular weight excluding hydrogens is 344 g/mol. The van der Waals surface area contributed by atoms with Gasteiger partial charge in [-0.15, -0.1) is 0 Å². The number of nitrogens with zero attached hydrogens (tertiary/aromatic N) is 3. The number of anilines is 5. The molecule has 3 aromatic rings. The van der Waals surface area contributed by atoms with Crippen LogP contribution in [0, 0.1) is 6.92 Å². The lowest BCUT2D eigenvalue weighted by Gasteiger charge is -2.14. The van der Waals surface area contributed by atoms with Crippen molar-refractivity contribution in [2.75, 3.05) is 23.0 Å². The predicted octanol–water partition coefficient (Wildman–Crippen LogP) is 3.43. The van der Waals surface area contributed by atoms with Gasteiger partial charge in [0.25, 0.3) is 0 Å². The number of benzene rings is 1. The molecule has 0 aliphatic heterocycles. The van der Waals surface area contributed by atoms with Crippen LogP contribution in [0.25, 0.3) is 0 Å². The highest BCUT2D eigenvalue weighted by Crippen LogP contribution is 2.29. The third-order valence-corrected chi connectivity index (χ3v) is 3.69. The van der Waals surface area contributed by atoms with Gasteiger partial charge in [-0.1, -0.05) is 18.2 Å². The zero-order valence-corrected chi connectivity index (χ0v) is 15.1. The van der Waals surface area contributed by atoms with E-state index >= 15 is 0 Å². The van der Waals surface area contributed by atoms with Gasteiger partial charge in [-0.2, -0.15) is 0 Å². The number of rotatable bonds is 6. The monoisotopic (exact) mass is 364 g/mol. The largest absolute Gasteiger partial charge is 0.462 e. The van der Waals surface area contributed by atoms with Crippen LogP contribution in [0.5, 0.6) is 0 Å². The van der Waals surface area contributed by atoms with Gasteiger partial charge in [0.05, 0.1) is 17.9 Å². The lowest BCUT2D eigenvalue weighted by molar-refractivity contribution is 0.0527. The molecule has 0 radical (unpaired) electrons. The molecule has 0 spiro atoms. The normalized spacial score (nSPS) is 10.3. The molecule has 2 heterocycles. The molecular formula is C19H20N6O2. The molecule has 0 aliphatic carbocycles. The Hall–Kier alpha value is -3.68. The quantitative estimate of drug-likeness (QED) is 0.570. The lowest BCUT2D eigenvalue weighted by Crippen LogP contribution is -2.10. The van der Waals surface area contributed by atoms with E-state index in [2.05, 4.69) is 25.6 Å². The highest BCUT2D eigenvalue weighted by Gasteiger charge is 2.15. The summed E-state index contributed by atoms with van der Waals surface area (Å²) in [4.78, 5) is 24.9. The molecule has 1 aromatic carbocycles. The first kappa shape index (κ1) is 18.1. The topological polar surface area (TPSA) is 115 Å². The van der Waals surface area contributed by atoms with E-state index in [1.165, 1.54) is 6.33 Å². The number of ether oxygens (including phenoxy) is 1. The first-order valence-electron chi connectivity index (χ1n) is 8.42. The van der Waals surface area contributed by atoms with E-state index in [9.17, 15) is 4.79 Å². The average Bonchev–Trinajstić information content (AvgIpc) is 2.66. The highest BCUT2D eigenvalue weighted by atomic mass is 16.5. The summed E-state index contributed by atoms with van der Waals surface area (Å²) >= 11 is 0. The molecule has 4 N–H and O–H groups in total. The summed E-state index contributed by atoms with van der Waals surface area (Å²) in [5.41, 5.74) is 8.32. The first-order valence-corrected chi connectivity index (χ1v) is 8.42. The molecule has 0 unspecified atom stereocenters. The second kappa shape index (κ2) is 8.13. The van der Waals surface area contributed by atoms with Gasteiger partial charge in [-0.3, -0.25) is 0 Å². The van der Waals surface area contributed by atoms with Crippen LogP contribution < -0.4 is 16.4 Å². The summed E-state index contributed by atoms with van der Waals surface area (Å²) < 4.78 is 5.09. The maximum Gasteiger partial charge on any atom is 0.340 e. The lowest BCUT2D eigenvalue weighted by atomic mass is 10.2. The summed E-state index contributed by atoms with van der Waals surface area (Å²) in [5.74, 6) is 0.991. The van der Waals surface area contributed by atoms with Crippen molar-refractivity contribution in [1.82, 2.24) is 15.0 Å². The molecule has 0 bridgehead atoms. The Morgan fingerprint density at radius 2 is 1.81 bits per heavy atom. The van der Waals surface area contributed by atoms with Crippen LogP contribution in [0.3, 0.4) is 0 Å². The Labute approximate surface area is 156 Å². The molecule has 2 aromatic heterocycles. The van der Waals surface area contributed by atoms with Gasteiger partial charge in [0, 0.05) is 5.69 Å². The van der Waals surface area contributed by atoms with Crippen molar-refractivity contribution in [3.8, 4) is 0 Å². The van der Waals surface area contributed by atoms with Gasteiger partial charge in [-0.25, -0.2) is 19.7 Å². The molecule has 27 heavy (non-hydrogen) atoms. The van der Waals surface area contributed by atoms with E-state index in [1.807, 2.05) is 25.1 Å². The number of pyridine rings is 1. The van der Waals surface area contributed by atoms with Crippen LogP contribution in [0.15, 0.2) is 48.8 Å². The fraction of sp³-hybridized carbons (Fsp3) is 0.158. The third kappa shape index (κ3) is 4.30. The smallest absolute Gasteiger partial charge is 0.340 e. The maximum atomic E-state index is 12.1. The van der Waals surface area contributed by atoms with Crippen LogP contribution in [0.1, 0.15) is 23.0 Å². The van der Waals surface area contributed by atoms with Crippen molar-refractivity contribution < 1.29 is 9.53 Å². The minimum atomic E-state index is -0.421. The molecule has 0 fully saturated rings. The molecule has 3 rings (SSSR count). The average molecular weight is 364 g/mol. The Morgan fingerprint density at radius 1 is 1.07 bits per heavy atom. The molecule has 8 heteroatoms. The summed E-state index contributed by atoms with van der Waals surface area (Å²) in [7, 11) is 0. The first-order chi connectivity index (χ1) is 13.1. The Kier molecular flexibility index (Phi) is 5.46. The SMILES string of the molecule is CCOC(=O)c1ccccc1Nc1ncnc(Nc2cccc(C)n2)c1N. The van der Waals surface area contributed by atoms with Crippen LogP contribution >= 0.6 is 0 Å². The minimum Gasteiger partial charge on any atom is -0.462 e. The van der Waals surface area contributed by atoms with Crippen LogP contribution in [-0.2, 0) is 4.74 Å². The second-order valence-corrected chi connectivity index (χ2v) is 5.66. The number of nitrogen functional groups attached to an aromatic ring is 1. The van der Waals surface area contributed by atoms with E-state index in [-0.39, 0.29) is 0 Å². The van der Waals surface area contributed by atoms with E-state index in [4.69, 9.17) is 10.5 Å². The van der Waals surface area contributed by atoms with Crippen molar-refractivity contribution in [3.05, 3.63) is 60.0 Å². The number of aromatic nitrogens is 3. The number of esters is 1. The van der Waals surface area contributed by atoms with E-state index < -0.39 is 5.97 Å². The summed E-state index contributed by atoms with van der Waals surface area (Å²) in [6.45, 7) is 3.95. The fourth-order valence-corrected chi connectivity index (χ4v) is 2.44. The van der Waals surface area contributed by atoms with Gasteiger partial charge in [-0.05, 0) is 38.1 Å². The molecule has 0 atom stereocenters. The van der Waals surface area contributed by atoms with Crippen LogP contribution in [0.4, 0.5) is 28.8 Å². The summed E-state index contributed by atoms with van der Waals surface area (Å²) in [6, 6.07) is 12.6. The van der Waals surface area contributed by atoms with E-state index in [0.717, 1.165) is 5.69 Å². The third-order valence-electron chi connectivity index (χ3n) is 3.69. The zero-order valence-electron chi connectivity index (χ0n) is 15.1. The number of carbonyl (C=O) groups is 1. The van der Waals surface area contributed by atoms with Crippen molar-refractivity contribution >= 4 is 34.8 Å². The molecule has 0 saturated heterocycles. The number of hydrogen-bond donors (Lipinski definition) is 3. The number of carbonyl (C=O) groups excluding carboxylic acids is 1. The van der Waals surface area contributed by atoms with E-state index in [0.29, 0.717) is 41.0 Å². The fourth-order valence-electron chi connectivity index (χ4n) is 2.44. The van der Waals surface area contributed by atoms with Crippen molar-refractivity contribution in [3.63, 3.8) is 0 Å². The maximum absolute atomic E-state index is 12.1. The van der Waals surface area contributed by atoms with Crippen molar-refractivity contribution in [1.29, 1.82) is 0 Å². The molecule has 0 amide bonds. The second-order valence-electron chi connectivity index (χ2n) is 5.66. The number of aryl methyl sites for hydroxylation is 1. The van der Waals surface area contributed by atoms with Gasteiger partial charge < -0.3 is 21.1 Å². The van der Waals surface area contributed by atoms with Crippen LogP contribution in [-0.4, -0.2) is 27.5 Å². The Balaban J connectivity index is 1.88.